The summed E-state index contributed by atoms with van der Waals surface area (Å²) in [6, 6.07) is 6.83. The molecule has 1 aromatic heterocycles. The molecule has 2 heterocycles. The predicted molar refractivity (Wildman–Crippen MR) is 116 cm³/mol. The van der Waals surface area contributed by atoms with Crippen LogP contribution in [-0.2, 0) is 11.3 Å². The van der Waals surface area contributed by atoms with Crippen LogP contribution in [0.2, 0.25) is 5.02 Å². The van der Waals surface area contributed by atoms with Gasteiger partial charge in [0.15, 0.2) is 0 Å². The van der Waals surface area contributed by atoms with Crippen molar-refractivity contribution in [2.75, 3.05) is 23.3 Å². The second-order valence-electron chi connectivity index (χ2n) is 8.16. The van der Waals surface area contributed by atoms with Gasteiger partial charge in [-0.2, -0.15) is 0 Å². The lowest BCUT2D eigenvalue weighted by Gasteiger charge is -2.32. The molecule has 0 unspecified atom stereocenters. The number of rotatable bonds is 8. The molecule has 0 atom stereocenters. The van der Waals surface area contributed by atoms with Crippen LogP contribution in [0.3, 0.4) is 0 Å². The average Bonchev–Trinajstić information content (AvgIpc) is 3.56. The first-order valence-electron chi connectivity index (χ1n) is 10.6. The number of halogens is 2. The Balaban J connectivity index is 1.18. The zero-order chi connectivity index (χ0) is 20.9. The highest BCUT2D eigenvalue weighted by molar-refractivity contribution is 6.31. The molecule has 2 N–H and O–H groups in total. The fourth-order valence-corrected chi connectivity index (χ4v) is 4.00. The van der Waals surface area contributed by atoms with Gasteiger partial charge in [-0.3, -0.25) is 4.79 Å². The summed E-state index contributed by atoms with van der Waals surface area (Å²) in [5.74, 6) is 2.04. The second kappa shape index (κ2) is 9.60. The van der Waals surface area contributed by atoms with E-state index in [0.29, 0.717) is 29.9 Å². The fraction of sp³-hybridized carbons (Fsp3) is 0.500. The molecule has 160 valence electrons. The van der Waals surface area contributed by atoms with E-state index in [1.54, 1.807) is 12.4 Å². The van der Waals surface area contributed by atoms with Crippen molar-refractivity contribution in [3.05, 3.63) is 47.0 Å². The first-order chi connectivity index (χ1) is 14.6. The highest BCUT2D eigenvalue weighted by Crippen LogP contribution is 2.28. The van der Waals surface area contributed by atoms with Crippen LogP contribution in [0.5, 0.6) is 0 Å². The van der Waals surface area contributed by atoms with Crippen LogP contribution in [-0.4, -0.2) is 35.0 Å². The highest BCUT2D eigenvalue weighted by atomic mass is 35.5. The zero-order valence-electron chi connectivity index (χ0n) is 16.9. The van der Waals surface area contributed by atoms with E-state index in [-0.39, 0.29) is 11.7 Å². The highest BCUT2D eigenvalue weighted by Gasteiger charge is 2.23. The summed E-state index contributed by atoms with van der Waals surface area (Å²) >= 11 is 6.00. The number of nitrogens with one attached hydrogen (secondary N) is 2. The molecule has 1 amide bonds. The number of piperidine rings is 1. The number of carbonyl (C=O) groups is 1. The lowest BCUT2D eigenvalue weighted by molar-refractivity contribution is -0.121. The number of amides is 1. The smallest absolute Gasteiger partial charge is 0.220 e. The van der Waals surface area contributed by atoms with Crippen LogP contribution in [0.25, 0.3) is 0 Å². The third kappa shape index (κ3) is 5.81. The Bertz CT molecular complexity index is 884. The molecule has 1 aliphatic heterocycles. The predicted octanol–water partition coefficient (Wildman–Crippen LogP) is 4.16. The summed E-state index contributed by atoms with van der Waals surface area (Å²) in [5.41, 5.74) is 0.722. The van der Waals surface area contributed by atoms with E-state index in [1.807, 2.05) is 6.07 Å². The molecule has 1 aliphatic carbocycles. The molecule has 2 aliphatic rings. The molecule has 6 nitrogen and oxygen atoms in total. The molecule has 1 saturated heterocycles. The van der Waals surface area contributed by atoms with Crippen LogP contribution in [0, 0.1) is 11.7 Å². The van der Waals surface area contributed by atoms with E-state index in [9.17, 15) is 9.18 Å². The summed E-state index contributed by atoms with van der Waals surface area (Å²) in [6.07, 6.45) is 7.52. The zero-order valence-corrected chi connectivity index (χ0v) is 17.7. The number of nitrogens with zero attached hydrogens (tertiary/aromatic N) is 3. The Kier molecular flexibility index (Phi) is 6.67. The Morgan fingerprint density at radius 3 is 2.70 bits per heavy atom. The third-order valence-corrected chi connectivity index (χ3v) is 6.14. The van der Waals surface area contributed by atoms with Gasteiger partial charge in [0.2, 0.25) is 5.91 Å². The van der Waals surface area contributed by atoms with Crippen LogP contribution >= 0.6 is 11.6 Å². The number of hydrogen-bond donors (Lipinski definition) is 2. The van der Waals surface area contributed by atoms with E-state index in [2.05, 4.69) is 25.5 Å². The number of hydrogen-bond acceptors (Lipinski definition) is 5. The van der Waals surface area contributed by atoms with Crippen LogP contribution in [0.1, 0.15) is 44.1 Å². The minimum absolute atomic E-state index is 0.00409. The van der Waals surface area contributed by atoms with Crippen LogP contribution in [0.15, 0.2) is 30.6 Å². The number of anilines is 2. The van der Waals surface area contributed by atoms with Gasteiger partial charge in [0.05, 0.1) is 0 Å². The maximum atomic E-state index is 13.1. The topological polar surface area (TPSA) is 70.2 Å². The van der Waals surface area contributed by atoms with Gasteiger partial charge in [-0.15, -0.1) is 0 Å². The largest absolute Gasteiger partial charge is 0.367 e. The quantitative estimate of drug-likeness (QED) is 0.656. The van der Waals surface area contributed by atoms with Crippen LogP contribution in [0.4, 0.5) is 16.0 Å². The van der Waals surface area contributed by atoms with Gasteiger partial charge >= 0.3 is 0 Å². The SMILES string of the molecule is O=C(CCC1CCN(c2cc(NC3CC3)ncn2)CC1)NCc1ccc(F)cc1Cl. The third-order valence-electron chi connectivity index (χ3n) is 5.79. The minimum Gasteiger partial charge on any atom is -0.367 e. The molecule has 0 spiro atoms. The fourth-order valence-electron chi connectivity index (χ4n) is 3.77. The molecule has 0 bridgehead atoms. The van der Waals surface area contributed by atoms with Crippen molar-refractivity contribution in [2.45, 2.75) is 51.1 Å². The summed E-state index contributed by atoms with van der Waals surface area (Å²) in [4.78, 5) is 23.2. The Morgan fingerprint density at radius 2 is 1.97 bits per heavy atom. The first-order valence-corrected chi connectivity index (χ1v) is 11.0. The lowest BCUT2D eigenvalue weighted by atomic mass is 9.92. The summed E-state index contributed by atoms with van der Waals surface area (Å²) in [7, 11) is 0. The average molecular weight is 432 g/mol. The summed E-state index contributed by atoms with van der Waals surface area (Å²) < 4.78 is 13.1. The van der Waals surface area contributed by atoms with Crippen molar-refractivity contribution in [1.29, 1.82) is 0 Å². The van der Waals surface area contributed by atoms with Gasteiger partial charge in [0, 0.05) is 43.2 Å². The maximum absolute atomic E-state index is 13.1. The second-order valence-corrected chi connectivity index (χ2v) is 8.57. The van der Waals surface area contributed by atoms with Crippen molar-refractivity contribution in [3.63, 3.8) is 0 Å². The summed E-state index contributed by atoms with van der Waals surface area (Å²) in [5, 5.41) is 6.63. The Labute approximate surface area is 181 Å². The van der Waals surface area contributed by atoms with Gasteiger partial charge in [0.25, 0.3) is 0 Å². The van der Waals surface area contributed by atoms with Crippen molar-refractivity contribution < 1.29 is 9.18 Å². The summed E-state index contributed by atoms with van der Waals surface area (Å²) in [6.45, 7) is 2.20. The normalized spacial score (nSPS) is 17.1. The monoisotopic (exact) mass is 431 g/mol. The van der Waals surface area contributed by atoms with E-state index in [1.165, 1.54) is 25.0 Å². The van der Waals surface area contributed by atoms with Gasteiger partial charge in [-0.1, -0.05) is 17.7 Å². The molecule has 2 fully saturated rings. The van der Waals surface area contributed by atoms with Gasteiger partial charge in [0.1, 0.15) is 23.8 Å². The Morgan fingerprint density at radius 1 is 1.17 bits per heavy atom. The van der Waals surface area contributed by atoms with Crippen molar-refractivity contribution in [2.24, 2.45) is 5.92 Å². The Hall–Kier alpha value is -2.41. The first kappa shape index (κ1) is 20.8. The van der Waals surface area contributed by atoms with Crippen molar-refractivity contribution in [3.8, 4) is 0 Å². The molecule has 4 rings (SSSR count). The van der Waals surface area contributed by atoms with E-state index >= 15 is 0 Å². The number of aromatic nitrogens is 2. The molecule has 8 heteroatoms. The lowest BCUT2D eigenvalue weighted by Crippen LogP contribution is -2.34. The van der Waals surface area contributed by atoms with E-state index in [0.717, 1.165) is 49.6 Å². The molecule has 2 aromatic rings. The molecule has 0 radical (unpaired) electrons. The van der Waals surface area contributed by atoms with Crippen molar-refractivity contribution >= 4 is 29.1 Å². The number of benzene rings is 1. The molecular formula is C22H27ClFN5O. The van der Waals surface area contributed by atoms with Gasteiger partial charge in [-0.05, 0) is 55.7 Å². The van der Waals surface area contributed by atoms with E-state index in [4.69, 9.17) is 11.6 Å². The van der Waals surface area contributed by atoms with Crippen molar-refractivity contribution in [1.82, 2.24) is 15.3 Å². The maximum Gasteiger partial charge on any atom is 0.220 e. The van der Waals surface area contributed by atoms with E-state index < -0.39 is 0 Å². The standard InChI is InChI=1S/C22H27ClFN5O/c23-19-11-17(24)3-2-16(19)13-25-22(30)6-1-15-7-9-29(10-8-15)21-12-20(26-14-27-21)28-18-4-5-18/h2-3,11-12,14-15,18H,1,4-10,13H2,(H,25,30)(H,26,27,28). The van der Waals surface area contributed by atoms with Gasteiger partial charge < -0.3 is 15.5 Å². The molecular weight excluding hydrogens is 405 g/mol. The molecule has 1 aromatic carbocycles. The molecule has 30 heavy (non-hydrogen) atoms. The number of carbonyl (C=O) groups excluding carboxylic acids is 1. The molecule has 1 saturated carbocycles. The minimum atomic E-state index is -0.376. The van der Waals surface area contributed by atoms with Crippen LogP contribution < -0.4 is 15.5 Å². The van der Waals surface area contributed by atoms with Gasteiger partial charge in [-0.25, -0.2) is 14.4 Å².